The van der Waals surface area contributed by atoms with Crippen molar-refractivity contribution in [2.24, 2.45) is 0 Å². The first-order chi connectivity index (χ1) is 68.2. The van der Waals surface area contributed by atoms with Crippen LogP contribution in [0.3, 0.4) is 0 Å². The molecule has 0 spiro atoms. The Kier molecular flexibility index (Phi) is 86.3. The van der Waals surface area contributed by atoms with E-state index in [2.05, 4.69) is 631 Å². The molecule has 10 nitrogen and oxygen atoms in total. The van der Waals surface area contributed by atoms with Crippen LogP contribution in [0.25, 0.3) is 22.1 Å². The summed E-state index contributed by atoms with van der Waals surface area (Å²) in [6.07, 6.45) is 8.67. The van der Waals surface area contributed by atoms with Gasteiger partial charge in [-0.1, -0.05) is 19.8 Å². The van der Waals surface area contributed by atoms with Crippen LogP contribution in [-0.2, 0) is 0 Å². The number of H-pyrrole nitrogens is 1. The van der Waals surface area contributed by atoms with E-state index >= 15 is 0 Å². The zero-order valence-corrected chi connectivity index (χ0v) is 103. The predicted molar refractivity (Wildman–Crippen MR) is 675 cm³/mol. The summed E-state index contributed by atoms with van der Waals surface area (Å²) in [6.45, 7) is 3.54. The minimum Gasteiger partial charge on any atom is -0.383 e. The maximum Gasteiger partial charge on any atom is 0.346 e. The highest BCUT2D eigenvalue weighted by molar-refractivity contribution is 9.43. The third-order valence-corrected chi connectivity index (χ3v) is 202. The summed E-state index contributed by atoms with van der Waals surface area (Å²) < 4.78 is 0. The van der Waals surface area contributed by atoms with Crippen molar-refractivity contribution in [2.75, 3.05) is 5.73 Å². The van der Waals surface area contributed by atoms with Crippen LogP contribution in [0.15, 0.2) is 72.2 Å². The van der Waals surface area contributed by atoms with E-state index in [-0.39, 0.29) is 108 Å². The Hall–Kier alpha value is -9.00. The largest absolute Gasteiger partial charge is 0.383 e. The smallest absolute Gasteiger partial charge is 0.346 e. The maximum atomic E-state index is 10.7. The van der Waals surface area contributed by atoms with Gasteiger partial charge in [0.2, 0.25) is 5.28 Å². The number of nitrogens with one attached hydrogen (secondary N) is 1. The van der Waals surface area contributed by atoms with Gasteiger partial charge in [-0.2, -0.15) is 4.98 Å². The van der Waals surface area contributed by atoms with E-state index in [1.807, 2.05) is 18.2 Å². The molecule has 3 N–H and O–H groups in total. The lowest BCUT2D eigenvalue weighted by Gasteiger charge is -2.51. The monoisotopic (exact) mass is 2330 g/mol. The van der Waals surface area contributed by atoms with Crippen LogP contribution in [-0.4, -0.2) is 41.2 Å². The number of nitrogens with two attached hydrogens (primary N) is 1. The van der Waals surface area contributed by atoms with Gasteiger partial charge in [-0.25, -0.2) is 29.7 Å². The van der Waals surface area contributed by atoms with Crippen molar-refractivity contribution in [3.63, 3.8) is 0 Å². The Morgan fingerprint density at radius 1 is 0.293 bits per heavy atom. The fourth-order valence-electron chi connectivity index (χ4n) is 6.26. The van der Waals surface area contributed by atoms with Crippen molar-refractivity contribution in [1.29, 1.82) is 0 Å². The molecule has 0 fully saturated rings. The fraction of sp³-hybridized carbons (Fsp3) is 0.0200. The molecule has 656 valence electrons. The number of aromatic nitrogens is 7. The van der Waals surface area contributed by atoms with Crippen molar-refractivity contribution in [2.45, 2.75) is 13.8 Å². The summed E-state index contributed by atoms with van der Waals surface area (Å²) in [4.78, 5) is 46.2. The van der Waals surface area contributed by atoms with Gasteiger partial charge in [0.05, 0.1) is 5.56 Å². The lowest BCUT2D eigenvalue weighted by molar-refractivity contribution is 0.112. The van der Waals surface area contributed by atoms with Crippen LogP contribution in [0.5, 0.6) is 0 Å². The van der Waals surface area contributed by atoms with Gasteiger partial charge in [-0.3, -0.25) is 9.78 Å². The maximum absolute atomic E-state index is 10.7. The molecule has 5 aromatic heterocycles. The summed E-state index contributed by atoms with van der Waals surface area (Å²) >= 11 is 5.56. The molecule has 0 saturated carbocycles. The van der Waals surface area contributed by atoms with Crippen LogP contribution in [0.1, 0.15) is 24.2 Å². The number of nitrogens with zero attached hydrogens (tertiary/aromatic N) is 6. The number of nitrogen functional groups attached to an aromatic ring is 1. The number of fused-ring (bicyclic) bond motifs is 2. The van der Waals surface area contributed by atoms with E-state index in [0.717, 1.165) is 18.7 Å². The second-order valence-electron chi connectivity index (χ2n) is 20.2. The summed E-state index contributed by atoms with van der Waals surface area (Å²) in [6, 6.07) is 10.6. The Labute approximate surface area is 879 Å². The number of halogens is 1. The zero-order valence-electron chi connectivity index (χ0n) is 71.9. The molecule has 0 bridgehead atoms. The molecule has 0 aliphatic carbocycles. The van der Waals surface area contributed by atoms with Crippen molar-refractivity contribution < 1.29 is 4.79 Å². The number of hydrogen-bond acceptors (Lipinski definition) is 9. The molecular formula is C100H52ClN8O2P29. The van der Waals surface area contributed by atoms with Gasteiger partial charge in [-0.05, 0) is 247 Å². The van der Waals surface area contributed by atoms with Gasteiger partial charge in [0, 0.05) is 397 Å². The first-order valence-corrected chi connectivity index (χ1v) is 88.1. The van der Waals surface area contributed by atoms with Crippen molar-refractivity contribution in [3.8, 4) is 462 Å². The molecule has 18 unspecified atom stereocenters. The van der Waals surface area contributed by atoms with E-state index in [9.17, 15) is 9.59 Å². The summed E-state index contributed by atoms with van der Waals surface area (Å²) in [5.41, 5.74) is 6.57. The minimum atomic E-state index is -0.365. The highest BCUT2D eigenvalue weighted by Crippen LogP contribution is 3.37. The first-order valence-electron chi connectivity index (χ1n) is 35.5. The first kappa shape index (κ1) is 129. The number of carbonyl (C=O) groups is 1. The van der Waals surface area contributed by atoms with Crippen LogP contribution in [0, 0.1) is 462 Å². The number of pyridine rings is 3. The van der Waals surface area contributed by atoms with Gasteiger partial charge < -0.3 is 5.73 Å². The predicted octanol–water partition coefficient (Wildman–Crippen LogP) is 20.3. The molecule has 5 heterocycles. The van der Waals surface area contributed by atoms with Gasteiger partial charge in [-0.15, -0.1) is 134 Å². The van der Waals surface area contributed by atoms with Crippen LogP contribution in [0.2, 0.25) is 5.28 Å². The average molecular weight is 2330 g/mol. The van der Waals surface area contributed by atoms with E-state index in [1.54, 1.807) is 56.8 Å². The lowest BCUT2D eigenvalue weighted by Crippen LogP contribution is -2.08. The molecule has 140 heavy (non-hydrogen) atoms. The number of carbonyl (C=O) groups excluding carboxylic acids is 1. The SMILES string of the molecule is CC#CC#CC#CC#CC#CC#CC#CC#CC#CC#CC#CC#CC#CC#CC#CC#CC#CC#CC#CC#CC#CC#CC#CC#CC#CC#CC#CC#CC#CC#CC#CC#CC#CC#CC#CC#CC#CC#CC#CC.Clc1ncc2cccnc2n1.Nc1ncccc1C=O.O=c1ncc2cccnc2[nH]1.PPP(P(P)P)P(P(P(P)P)P(P)P)P(P(P(P)P)P(P)P)P(P(P)P)P(P)P. The number of aldehydes is 1. The average Bonchev–Trinajstić information content (AvgIpc) is 0.767. The number of rotatable bonds is 14. The summed E-state index contributed by atoms with van der Waals surface area (Å²) in [7, 11) is 50.2. The molecular weight excluding hydrogens is 2280 g/mol. The molecule has 0 amide bonds. The number of anilines is 1. The normalized spacial score (nSPS) is 7.84. The molecule has 0 saturated heterocycles. The molecule has 0 radical (unpaired) electrons. The van der Waals surface area contributed by atoms with E-state index in [0.29, 0.717) is 23.1 Å². The zero-order chi connectivity index (χ0) is 102. The Morgan fingerprint density at radius 2 is 0.514 bits per heavy atom. The summed E-state index contributed by atoms with van der Waals surface area (Å²) in [5, 5.41) is 1.97. The minimum absolute atomic E-state index is 0.0147. The topological polar surface area (TPSA) is 153 Å². The third-order valence-electron chi connectivity index (χ3n) is 11.0. The highest BCUT2D eigenvalue weighted by atomic mass is 35.5. The fourth-order valence-corrected chi connectivity index (χ4v) is 384. The molecule has 0 aliphatic rings. The second-order valence-corrected chi connectivity index (χ2v) is 135. The van der Waals surface area contributed by atoms with Crippen molar-refractivity contribution >= 4 is 278 Å². The molecule has 18 atom stereocenters. The number of hydrogen-bond donors (Lipinski definition) is 2. The molecule has 0 aromatic carbocycles. The van der Waals surface area contributed by atoms with Crippen LogP contribution < -0.4 is 11.4 Å². The van der Waals surface area contributed by atoms with Gasteiger partial charge in [0.1, 0.15) is 11.5 Å². The van der Waals surface area contributed by atoms with E-state index in [4.69, 9.17) is 17.3 Å². The van der Waals surface area contributed by atoms with E-state index in [1.165, 1.54) is 6.20 Å². The standard InChI is InChI=1S/C80H6.C7H4ClN3.C7H5N3O.C6H6N2O.H31P29/c1-3-5-7-9-11-13-15-17-19-21-23-25-27-29-31-33-35-37-39-41-43-45-47-49-51-53-55-57-59-61-63-65-67-69-71-73-75-77-79-80-78-76-74-72-70-68-66-64-62-60-58-56-54-52-50-48-46-44-42-40-38-36-34-32-30-28-26-24-22-20-18-16-14-12-10-8-6-4-2;8-7-10-4-5-2-1-3-9-6(5)11-7;11-7-9-4-5-2-1-3-8-6(5)10-7;7-6-5(4-9)2-1-3-8-6;1-16-24(17(2)3)28(25(18(4)5)19(6)7)29(26(20(8)9)21(10)11)27(22(12)13)23(14)15/h1-2H3;1-4H;1-4H,(H,8,9,10,11);1-4H,(H2,7,8);16H,1-15H2. The molecule has 40 heteroatoms. The Morgan fingerprint density at radius 3 is 0.736 bits per heavy atom. The van der Waals surface area contributed by atoms with Crippen LogP contribution in [0.4, 0.5) is 5.82 Å². The number of aromatic amines is 1. The molecule has 5 rings (SSSR count). The van der Waals surface area contributed by atoms with E-state index < -0.39 is 0 Å². The Balaban J connectivity index is 0.00000128. The molecule has 5 aromatic rings. The van der Waals surface area contributed by atoms with Crippen molar-refractivity contribution in [1.82, 2.24) is 34.9 Å². The Bertz CT molecular complexity index is 8020. The van der Waals surface area contributed by atoms with Crippen LogP contribution >= 0.6 is 244 Å². The second kappa shape index (κ2) is 93.6. The van der Waals surface area contributed by atoms with Gasteiger partial charge in [0.25, 0.3) is 0 Å². The van der Waals surface area contributed by atoms with Gasteiger partial charge >= 0.3 is 5.69 Å². The highest BCUT2D eigenvalue weighted by Gasteiger charge is 2.49. The molecule has 0 aliphatic heterocycles. The third kappa shape index (κ3) is 72.3. The van der Waals surface area contributed by atoms with Crippen molar-refractivity contribution in [3.05, 3.63) is 88.7 Å². The van der Waals surface area contributed by atoms with Gasteiger partial charge in [0.15, 0.2) is 11.9 Å². The summed E-state index contributed by atoms with van der Waals surface area (Å²) in [5.74, 6) is 196. The quantitative estimate of drug-likeness (QED) is 0.0479. The lowest BCUT2D eigenvalue weighted by atomic mass is 10.3.